The Morgan fingerprint density at radius 1 is 1.02 bits per heavy atom. The number of pyridine rings is 1. The monoisotopic (exact) mass is 592 g/mol. The number of sulfonamides is 1. The third kappa shape index (κ3) is 6.32. The summed E-state index contributed by atoms with van der Waals surface area (Å²) in [5.74, 6) is 0.912. The zero-order valence-electron chi connectivity index (χ0n) is 24.2. The molecule has 1 saturated carbocycles. The van der Waals surface area contributed by atoms with Crippen molar-refractivity contribution in [3.8, 4) is 11.1 Å². The first-order valence-electron chi connectivity index (χ1n) is 14.0. The normalized spacial score (nSPS) is 17.6. The lowest BCUT2D eigenvalue weighted by Gasteiger charge is -2.33. The highest BCUT2D eigenvalue weighted by atomic mass is 35.5. The molecule has 216 valence electrons. The Kier molecular flexibility index (Phi) is 8.50. The van der Waals surface area contributed by atoms with Gasteiger partial charge in [-0.05, 0) is 107 Å². The SMILES string of the molecule is CCc1cc(-c2ccc(NS(=O)(=O)c3cccc(C)c3Cl)nc2C)cc2cnc(NC3CCC(N(C)C)CC3)nc12. The molecule has 0 radical (unpaired) electrons. The number of rotatable bonds is 8. The quantitative estimate of drug-likeness (QED) is 0.237. The topological polar surface area (TPSA) is 100 Å². The molecule has 0 unspecified atom stereocenters. The molecule has 1 aliphatic rings. The Balaban J connectivity index is 1.38. The Labute approximate surface area is 247 Å². The van der Waals surface area contributed by atoms with Gasteiger partial charge in [0, 0.05) is 34.9 Å². The summed E-state index contributed by atoms with van der Waals surface area (Å²) in [4.78, 5) is 16.5. The molecular weight excluding hydrogens is 556 g/mol. The van der Waals surface area contributed by atoms with Crippen LogP contribution in [-0.4, -0.2) is 54.4 Å². The summed E-state index contributed by atoms with van der Waals surface area (Å²) in [6.07, 6.45) is 7.27. The largest absolute Gasteiger partial charge is 0.351 e. The second kappa shape index (κ2) is 11.9. The molecule has 1 aliphatic carbocycles. The minimum absolute atomic E-state index is 0.0277. The van der Waals surface area contributed by atoms with E-state index in [1.807, 2.05) is 19.2 Å². The van der Waals surface area contributed by atoms with Crippen LogP contribution >= 0.6 is 11.6 Å². The molecule has 1 fully saturated rings. The molecule has 41 heavy (non-hydrogen) atoms. The predicted octanol–water partition coefficient (Wildman–Crippen LogP) is 6.61. The lowest BCUT2D eigenvalue weighted by molar-refractivity contribution is 0.221. The first kappa shape index (κ1) is 29.2. The molecule has 0 bridgehead atoms. The van der Waals surface area contributed by atoms with Crippen molar-refractivity contribution in [3.05, 3.63) is 70.5 Å². The van der Waals surface area contributed by atoms with Gasteiger partial charge in [-0.3, -0.25) is 4.72 Å². The zero-order valence-corrected chi connectivity index (χ0v) is 25.8. The minimum Gasteiger partial charge on any atom is -0.351 e. The van der Waals surface area contributed by atoms with E-state index in [-0.39, 0.29) is 15.7 Å². The molecule has 10 heteroatoms. The number of nitrogens with one attached hydrogen (secondary N) is 2. The molecule has 2 heterocycles. The Bertz CT molecular complexity index is 1680. The van der Waals surface area contributed by atoms with E-state index in [0.29, 0.717) is 29.3 Å². The average Bonchev–Trinajstić information content (AvgIpc) is 2.94. The molecule has 5 rings (SSSR count). The number of hydrogen-bond donors (Lipinski definition) is 2. The number of halogens is 1. The van der Waals surface area contributed by atoms with Gasteiger partial charge in [0.1, 0.15) is 10.7 Å². The lowest BCUT2D eigenvalue weighted by Crippen LogP contribution is -2.36. The van der Waals surface area contributed by atoms with Crippen molar-refractivity contribution >= 4 is 44.3 Å². The zero-order chi connectivity index (χ0) is 29.3. The summed E-state index contributed by atoms with van der Waals surface area (Å²) in [5.41, 5.74) is 5.36. The molecule has 0 spiro atoms. The van der Waals surface area contributed by atoms with Crippen LogP contribution in [0.2, 0.25) is 5.02 Å². The molecule has 0 aliphatic heterocycles. The van der Waals surface area contributed by atoms with Gasteiger partial charge < -0.3 is 10.2 Å². The van der Waals surface area contributed by atoms with Crippen LogP contribution in [0.5, 0.6) is 0 Å². The lowest BCUT2D eigenvalue weighted by atomic mass is 9.90. The fourth-order valence-electron chi connectivity index (χ4n) is 5.58. The number of hydrogen-bond acceptors (Lipinski definition) is 7. The predicted molar refractivity (Wildman–Crippen MR) is 167 cm³/mol. The van der Waals surface area contributed by atoms with Gasteiger partial charge in [-0.25, -0.2) is 23.4 Å². The van der Waals surface area contributed by atoms with Crippen LogP contribution in [0.1, 0.15) is 49.4 Å². The van der Waals surface area contributed by atoms with E-state index in [9.17, 15) is 8.42 Å². The third-order valence-electron chi connectivity index (χ3n) is 7.98. The van der Waals surface area contributed by atoms with Gasteiger partial charge in [-0.1, -0.05) is 30.7 Å². The van der Waals surface area contributed by atoms with E-state index in [1.54, 1.807) is 25.1 Å². The second-order valence-corrected chi connectivity index (χ2v) is 13.1. The van der Waals surface area contributed by atoms with Crippen molar-refractivity contribution in [1.29, 1.82) is 0 Å². The van der Waals surface area contributed by atoms with Crippen LogP contribution in [0.4, 0.5) is 11.8 Å². The standard InChI is InChI=1S/C31H37ClN6O2S/c1-6-21-16-22(17-23-18-33-31(36-30(21)23)35-24-10-12-25(13-11-24)38(4)5)26-14-15-28(34-20(26)3)37-41(39,40)27-9-7-8-19(2)29(27)32/h7-9,14-18,24-25H,6,10-13H2,1-5H3,(H,34,37)(H,33,35,36). The smallest absolute Gasteiger partial charge is 0.264 e. The Morgan fingerprint density at radius 3 is 2.46 bits per heavy atom. The molecule has 0 atom stereocenters. The van der Waals surface area contributed by atoms with Crippen molar-refractivity contribution in [2.75, 3.05) is 24.1 Å². The fourth-order valence-corrected chi connectivity index (χ4v) is 7.16. The number of nitrogens with zero attached hydrogens (tertiary/aromatic N) is 4. The van der Waals surface area contributed by atoms with Gasteiger partial charge in [0.05, 0.1) is 10.5 Å². The fraction of sp³-hybridized carbons (Fsp3) is 0.387. The van der Waals surface area contributed by atoms with Crippen molar-refractivity contribution < 1.29 is 8.42 Å². The maximum atomic E-state index is 13.0. The summed E-state index contributed by atoms with van der Waals surface area (Å²) in [6.45, 7) is 5.76. The third-order valence-corrected chi connectivity index (χ3v) is 10.00. The summed E-state index contributed by atoms with van der Waals surface area (Å²) >= 11 is 6.28. The van der Waals surface area contributed by atoms with Crippen LogP contribution in [0, 0.1) is 13.8 Å². The molecule has 8 nitrogen and oxygen atoms in total. The summed E-state index contributed by atoms with van der Waals surface area (Å²) in [7, 11) is 0.418. The van der Waals surface area contributed by atoms with E-state index >= 15 is 0 Å². The van der Waals surface area contributed by atoms with Gasteiger partial charge in [0.25, 0.3) is 10.0 Å². The number of fused-ring (bicyclic) bond motifs is 1. The molecule has 4 aromatic rings. The van der Waals surface area contributed by atoms with Gasteiger partial charge in [0.15, 0.2) is 0 Å². The molecular formula is C31H37ClN6O2S. The molecule has 0 saturated heterocycles. The van der Waals surface area contributed by atoms with E-state index in [4.69, 9.17) is 16.6 Å². The van der Waals surface area contributed by atoms with Crippen molar-refractivity contribution in [1.82, 2.24) is 19.9 Å². The average molecular weight is 593 g/mol. The van der Waals surface area contributed by atoms with Gasteiger partial charge in [0.2, 0.25) is 5.95 Å². The van der Waals surface area contributed by atoms with E-state index in [2.05, 4.69) is 58.1 Å². The second-order valence-electron chi connectivity index (χ2n) is 11.1. The molecule has 2 aromatic heterocycles. The van der Waals surface area contributed by atoms with Crippen LogP contribution in [0.15, 0.2) is 53.6 Å². The molecule has 2 N–H and O–H groups in total. The van der Waals surface area contributed by atoms with Gasteiger partial charge in [-0.2, -0.15) is 0 Å². The molecule has 0 amide bonds. The maximum Gasteiger partial charge on any atom is 0.264 e. The highest BCUT2D eigenvalue weighted by molar-refractivity contribution is 7.92. The first-order valence-corrected chi connectivity index (χ1v) is 15.9. The Morgan fingerprint density at radius 2 is 1.78 bits per heavy atom. The van der Waals surface area contributed by atoms with Crippen molar-refractivity contribution in [2.45, 2.75) is 69.9 Å². The van der Waals surface area contributed by atoms with Crippen LogP contribution in [-0.2, 0) is 16.4 Å². The van der Waals surface area contributed by atoms with Crippen LogP contribution in [0.25, 0.3) is 22.0 Å². The Hall–Kier alpha value is -3.27. The van der Waals surface area contributed by atoms with Gasteiger partial charge in [-0.15, -0.1) is 0 Å². The highest BCUT2D eigenvalue weighted by Crippen LogP contribution is 2.32. The van der Waals surface area contributed by atoms with Crippen LogP contribution in [0.3, 0.4) is 0 Å². The van der Waals surface area contributed by atoms with E-state index in [0.717, 1.165) is 46.9 Å². The number of anilines is 2. The molecule has 2 aromatic carbocycles. The minimum atomic E-state index is -3.89. The van der Waals surface area contributed by atoms with Crippen LogP contribution < -0.4 is 10.0 Å². The first-order chi connectivity index (χ1) is 19.6. The number of aromatic nitrogens is 3. The number of aryl methyl sites for hydroxylation is 3. The van der Waals surface area contributed by atoms with Gasteiger partial charge >= 0.3 is 0 Å². The van der Waals surface area contributed by atoms with Crippen molar-refractivity contribution in [3.63, 3.8) is 0 Å². The van der Waals surface area contributed by atoms with Crippen molar-refractivity contribution in [2.24, 2.45) is 0 Å². The summed E-state index contributed by atoms with van der Waals surface area (Å²) in [5, 5.41) is 4.73. The summed E-state index contributed by atoms with van der Waals surface area (Å²) < 4.78 is 28.6. The number of benzene rings is 2. The van der Waals surface area contributed by atoms with E-state index in [1.165, 1.54) is 18.9 Å². The highest BCUT2D eigenvalue weighted by Gasteiger charge is 2.23. The maximum absolute atomic E-state index is 13.0. The summed E-state index contributed by atoms with van der Waals surface area (Å²) in [6, 6.07) is 13.7. The van der Waals surface area contributed by atoms with E-state index < -0.39 is 10.0 Å².